The van der Waals surface area contributed by atoms with Gasteiger partial charge in [0.1, 0.15) is 0 Å². The molecule has 2 aromatic carbocycles. The number of carbonyl (C=O) groups is 1. The normalized spacial score (nSPS) is 11.4. The van der Waals surface area contributed by atoms with Crippen molar-refractivity contribution in [1.82, 2.24) is 14.9 Å². The molecule has 140 valence electrons. The highest BCUT2D eigenvalue weighted by atomic mass is 32.2. The highest BCUT2D eigenvalue weighted by Gasteiger charge is 2.23. The first-order chi connectivity index (χ1) is 12.9. The molecule has 0 radical (unpaired) electrons. The Balaban J connectivity index is 1.69. The average Bonchev–Trinajstić information content (AvgIpc) is 3.02. The number of thioether (sulfide) groups is 1. The van der Waals surface area contributed by atoms with Crippen LogP contribution in [0.1, 0.15) is 26.6 Å². The predicted octanol–water partition coefficient (Wildman–Crippen LogP) is 3.69. The number of para-hydroxylation sites is 1. The van der Waals surface area contributed by atoms with Gasteiger partial charge < -0.3 is 11.2 Å². The number of nitrogens with one attached hydrogen (secondary N) is 1. The van der Waals surface area contributed by atoms with Crippen molar-refractivity contribution in [3.05, 3.63) is 60.4 Å². The van der Waals surface area contributed by atoms with E-state index in [0.29, 0.717) is 11.0 Å². The second kappa shape index (κ2) is 7.84. The minimum atomic E-state index is -0.211. The maximum Gasteiger partial charge on any atom is 0.234 e. The summed E-state index contributed by atoms with van der Waals surface area (Å²) in [6.07, 6.45) is 0. The van der Waals surface area contributed by atoms with Gasteiger partial charge in [0.15, 0.2) is 5.82 Å². The zero-order chi connectivity index (χ0) is 19.4. The van der Waals surface area contributed by atoms with Crippen molar-refractivity contribution in [2.75, 3.05) is 16.9 Å². The number of amides is 1. The second-order valence-corrected chi connectivity index (χ2v) is 8.12. The molecule has 0 aliphatic heterocycles. The predicted molar refractivity (Wildman–Crippen MR) is 110 cm³/mol. The van der Waals surface area contributed by atoms with Crippen molar-refractivity contribution >= 4 is 23.4 Å². The van der Waals surface area contributed by atoms with Crippen LogP contribution >= 0.6 is 11.8 Å². The van der Waals surface area contributed by atoms with E-state index >= 15 is 0 Å². The Morgan fingerprint density at radius 1 is 1.07 bits per heavy atom. The summed E-state index contributed by atoms with van der Waals surface area (Å²) in [6, 6.07) is 17.7. The number of rotatable bonds is 5. The van der Waals surface area contributed by atoms with Crippen LogP contribution in [0.5, 0.6) is 0 Å². The Labute approximate surface area is 163 Å². The number of nitrogen functional groups attached to an aromatic ring is 1. The van der Waals surface area contributed by atoms with Crippen molar-refractivity contribution in [1.29, 1.82) is 0 Å². The molecule has 0 spiro atoms. The van der Waals surface area contributed by atoms with Crippen LogP contribution in [0.25, 0.3) is 11.1 Å². The van der Waals surface area contributed by atoms with Gasteiger partial charge in [0.2, 0.25) is 11.1 Å². The Kier molecular flexibility index (Phi) is 5.51. The van der Waals surface area contributed by atoms with E-state index in [1.165, 1.54) is 16.4 Å². The third-order valence-corrected chi connectivity index (χ3v) is 4.90. The minimum Gasteiger partial charge on any atom is -0.336 e. The first-order valence-electron chi connectivity index (χ1n) is 8.64. The van der Waals surface area contributed by atoms with Crippen molar-refractivity contribution < 1.29 is 4.79 Å². The molecule has 7 heteroatoms. The first-order valence-corrected chi connectivity index (χ1v) is 9.63. The largest absolute Gasteiger partial charge is 0.336 e. The van der Waals surface area contributed by atoms with Gasteiger partial charge in [-0.25, -0.2) is 4.68 Å². The highest BCUT2D eigenvalue weighted by molar-refractivity contribution is 7.99. The summed E-state index contributed by atoms with van der Waals surface area (Å²) in [5.74, 6) is 6.82. The molecule has 0 unspecified atom stereocenters. The van der Waals surface area contributed by atoms with Gasteiger partial charge in [0, 0.05) is 16.7 Å². The lowest BCUT2D eigenvalue weighted by Gasteiger charge is -2.16. The molecule has 1 heterocycles. The number of benzene rings is 2. The van der Waals surface area contributed by atoms with Crippen LogP contribution in [0, 0.1) is 0 Å². The fourth-order valence-corrected chi connectivity index (χ4v) is 3.32. The smallest absolute Gasteiger partial charge is 0.234 e. The number of hydrogen-bond donors (Lipinski definition) is 2. The quantitative estimate of drug-likeness (QED) is 0.520. The number of nitrogens with two attached hydrogens (primary N) is 1. The molecule has 27 heavy (non-hydrogen) atoms. The van der Waals surface area contributed by atoms with Crippen LogP contribution in [0.2, 0.25) is 0 Å². The maximum atomic E-state index is 12.5. The van der Waals surface area contributed by atoms with Crippen LogP contribution in [-0.2, 0) is 10.2 Å². The molecule has 0 atom stereocenters. The lowest BCUT2D eigenvalue weighted by Crippen LogP contribution is -2.24. The van der Waals surface area contributed by atoms with Crippen LogP contribution in [0.3, 0.4) is 0 Å². The van der Waals surface area contributed by atoms with Crippen LogP contribution in [0.4, 0.5) is 5.69 Å². The summed E-state index contributed by atoms with van der Waals surface area (Å²) < 4.78 is 1.45. The van der Waals surface area contributed by atoms with Gasteiger partial charge in [-0.15, -0.1) is 10.2 Å². The van der Waals surface area contributed by atoms with Gasteiger partial charge in [-0.3, -0.25) is 4.79 Å². The second-order valence-electron chi connectivity index (χ2n) is 7.17. The van der Waals surface area contributed by atoms with Crippen LogP contribution < -0.4 is 11.2 Å². The van der Waals surface area contributed by atoms with E-state index in [9.17, 15) is 4.79 Å². The van der Waals surface area contributed by atoms with Gasteiger partial charge in [0.05, 0.1) is 5.75 Å². The summed E-state index contributed by atoms with van der Waals surface area (Å²) in [5.41, 5.74) is 2.60. The first kappa shape index (κ1) is 19.0. The number of hydrogen-bond acceptors (Lipinski definition) is 5. The molecule has 3 rings (SSSR count). The van der Waals surface area contributed by atoms with Crippen molar-refractivity contribution in [2.24, 2.45) is 0 Å². The molecule has 0 saturated carbocycles. The molecule has 3 aromatic rings. The molecule has 0 aliphatic carbocycles. The number of nitrogens with zero attached hydrogens (tertiary/aromatic N) is 3. The van der Waals surface area contributed by atoms with Gasteiger partial charge in [0.25, 0.3) is 0 Å². The van der Waals surface area contributed by atoms with Crippen molar-refractivity contribution in [3.63, 3.8) is 0 Å². The molecule has 6 nitrogen and oxygen atoms in total. The fraction of sp³-hybridized carbons (Fsp3) is 0.250. The Morgan fingerprint density at radius 2 is 1.74 bits per heavy atom. The molecule has 3 N–H and O–H groups in total. The Morgan fingerprint density at radius 3 is 2.41 bits per heavy atom. The van der Waals surface area contributed by atoms with E-state index in [2.05, 4.69) is 15.5 Å². The number of aromatic nitrogens is 3. The van der Waals surface area contributed by atoms with E-state index in [1.54, 1.807) is 0 Å². The molecule has 0 bridgehead atoms. The van der Waals surface area contributed by atoms with Gasteiger partial charge >= 0.3 is 0 Å². The van der Waals surface area contributed by atoms with E-state index in [1.807, 2.05) is 75.4 Å². The summed E-state index contributed by atoms with van der Waals surface area (Å²) in [6.45, 7) is 6.05. The van der Waals surface area contributed by atoms with E-state index in [-0.39, 0.29) is 17.1 Å². The lowest BCUT2D eigenvalue weighted by atomic mass is 9.96. The molecule has 1 aromatic heterocycles. The average molecular weight is 382 g/mol. The summed E-state index contributed by atoms with van der Waals surface area (Å²) in [5, 5.41) is 11.7. The summed E-state index contributed by atoms with van der Waals surface area (Å²) >= 11 is 1.27. The Bertz CT molecular complexity index is 931. The standard InChI is InChI=1S/C20H23N5OS/c1-20(2,3)18-23-24-19(25(18)21)27-13-17(26)22-16-12-8-7-11-15(16)14-9-5-4-6-10-14/h4-12H,13,21H2,1-3H3,(H,22,26). The van der Waals surface area contributed by atoms with E-state index in [4.69, 9.17) is 5.84 Å². The zero-order valence-electron chi connectivity index (χ0n) is 15.6. The molecular formula is C20H23N5OS. The number of carbonyl (C=O) groups excluding carboxylic acids is 1. The molecule has 0 fully saturated rings. The van der Waals surface area contributed by atoms with Gasteiger partial charge in [-0.05, 0) is 11.6 Å². The van der Waals surface area contributed by atoms with Crippen LogP contribution in [0.15, 0.2) is 59.8 Å². The van der Waals surface area contributed by atoms with Crippen molar-refractivity contribution in [3.8, 4) is 11.1 Å². The zero-order valence-corrected chi connectivity index (χ0v) is 16.5. The van der Waals surface area contributed by atoms with Gasteiger partial charge in [-0.2, -0.15) is 0 Å². The van der Waals surface area contributed by atoms with E-state index < -0.39 is 0 Å². The topological polar surface area (TPSA) is 85.8 Å². The molecule has 0 saturated heterocycles. The third kappa shape index (κ3) is 4.49. The minimum absolute atomic E-state index is 0.122. The monoisotopic (exact) mass is 381 g/mol. The SMILES string of the molecule is CC(C)(C)c1nnc(SCC(=O)Nc2ccccc2-c2ccccc2)n1N. The van der Waals surface area contributed by atoms with E-state index in [0.717, 1.165) is 16.8 Å². The lowest BCUT2D eigenvalue weighted by molar-refractivity contribution is -0.113. The highest BCUT2D eigenvalue weighted by Crippen LogP contribution is 2.28. The maximum absolute atomic E-state index is 12.5. The van der Waals surface area contributed by atoms with Crippen LogP contribution in [-0.4, -0.2) is 26.5 Å². The fourth-order valence-electron chi connectivity index (χ4n) is 2.66. The Hall–Kier alpha value is -2.80. The number of anilines is 1. The van der Waals surface area contributed by atoms with Crippen molar-refractivity contribution in [2.45, 2.75) is 31.3 Å². The molecule has 0 aliphatic rings. The summed E-state index contributed by atoms with van der Waals surface area (Å²) in [7, 11) is 0. The molecular weight excluding hydrogens is 358 g/mol. The molecule has 1 amide bonds. The van der Waals surface area contributed by atoms with Gasteiger partial charge in [-0.1, -0.05) is 81.1 Å². The third-order valence-electron chi connectivity index (χ3n) is 3.95. The summed E-state index contributed by atoms with van der Waals surface area (Å²) in [4.78, 5) is 12.5.